The monoisotopic (exact) mass is 340 g/mol. The van der Waals surface area contributed by atoms with E-state index in [9.17, 15) is 0 Å². The average Bonchev–Trinajstić information content (AvgIpc) is 2.05. The summed E-state index contributed by atoms with van der Waals surface area (Å²) in [5.41, 5.74) is 2.53. The first kappa shape index (κ1) is 26.2. The van der Waals surface area contributed by atoms with Gasteiger partial charge >= 0.3 is 0 Å². The minimum Gasteiger partial charge on any atom is -0.0602 e. The molecule has 0 aliphatic carbocycles. The van der Waals surface area contributed by atoms with E-state index in [4.69, 9.17) is 0 Å². The van der Waals surface area contributed by atoms with Gasteiger partial charge in [-0.05, 0) is 45.3 Å². The molecule has 0 N–H and O–H groups in total. The van der Waals surface area contributed by atoms with E-state index in [-0.39, 0.29) is 0 Å². The summed E-state index contributed by atoms with van der Waals surface area (Å²) in [5, 5.41) is 0. The summed E-state index contributed by atoms with van der Waals surface area (Å²) in [6.07, 6.45) is 2.56. The predicted molar refractivity (Wildman–Crippen MR) is 115 cm³/mol. The molecule has 0 saturated carbocycles. The Hall–Kier alpha value is 0. The molecule has 0 saturated heterocycles. The first-order valence-corrected chi connectivity index (χ1v) is 9.91. The van der Waals surface area contributed by atoms with Crippen LogP contribution in [0, 0.1) is 32.5 Å². The molecule has 0 aromatic heterocycles. The van der Waals surface area contributed by atoms with E-state index >= 15 is 0 Å². The lowest BCUT2D eigenvalue weighted by molar-refractivity contribution is 0.0743. The van der Waals surface area contributed by atoms with Crippen molar-refractivity contribution < 1.29 is 0 Å². The van der Waals surface area contributed by atoms with E-state index in [2.05, 4.69) is 111 Å². The molecule has 0 heteroatoms. The zero-order valence-corrected chi connectivity index (χ0v) is 20.4. The first-order chi connectivity index (χ1) is 9.91. The molecule has 0 aliphatic rings. The van der Waals surface area contributed by atoms with E-state index in [1.807, 2.05) is 0 Å². The molecule has 0 atom stereocenters. The number of rotatable bonds is 2. The van der Waals surface area contributed by atoms with Crippen molar-refractivity contribution in [2.24, 2.45) is 32.5 Å². The van der Waals surface area contributed by atoms with Crippen molar-refractivity contribution in [3.8, 4) is 0 Å². The standard InChI is InChI=1S/2C12H26/c2*1-10(2,3)9-12(7,8)11(4,5)6/h2*9H2,1-8H3. The fourth-order valence-corrected chi connectivity index (χ4v) is 3.18. The third kappa shape index (κ3) is 10.8. The molecular weight excluding hydrogens is 288 g/mol. The molecule has 0 aliphatic heterocycles. The predicted octanol–water partition coefficient (Wildman–Crippen LogP) is 8.99. The Morgan fingerprint density at radius 3 is 0.542 bits per heavy atom. The summed E-state index contributed by atoms with van der Waals surface area (Å²) < 4.78 is 0. The molecule has 148 valence electrons. The van der Waals surface area contributed by atoms with Gasteiger partial charge in [-0.3, -0.25) is 0 Å². The highest BCUT2D eigenvalue weighted by molar-refractivity contribution is 4.86. The first-order valence-electron chi connectivity index (χ1n) is 9.91. The average molecular weight is 341 g/mol. The van der Waals surface area contributed by atoms with Gasteiger partial charge in [0.05, 0.1) is 0 Å². The molecule has 0 amide bonds. The van der Waals surface area contributed by atoms with E-state index in [0.717, 1.165) is 0 Å². The molecule has 24 heavy (non-hydrogen) atoms. The second-order valence-corrected chi connectivity index (χ2v) is 13.7. The van der Waals surface area contributed by atoms with E-state index in [0.29, 0.717) is 32.5 Å². The van der Waals surface area contributed by atoms with Crippen LogP contribution < -0.4 is 0 Å². The van der Waals surface area contributed by atoms with Crippen LogP contribution in [0.2, 0.25) is 0 Å². The molecule has 0 radical (unpaired) electrons. The Morgan fingerprint density at radius 2 is 0.500 bits per heavy atom. The maximum absolute atomic E-state index is 2.37. The normalized spacial score (nSPS) is 15.0. The Bertz CT molecular complexity index is 315. The zero-order valence-electron chi connectivity index (χ0n) is 20.4. The fourth-order valence-electron chi connectivity index (χ4n) is 3.18. The van der Waals surface area contributed by atoms with Gasteiger partial charge in [0.2, 0.25) is 0 Å². The lowest BCUT2D eigenvalue weighted by atomic mass is 9.62. The van der Waals surface area contributed by atoms with Crippen LogP contribution in [-0.4, -0.2) is 0 Å². The summed E-state index contributed by atoms with van der Waals surface area (Å²) in [7, 11) is 0. The maximum Gasteiger partial charge on any atom is -0.0301 e. The Labute approximate surface area is 156 Å². The highest BCUT2D eigenvalue weighted by atomic mass is 14.4. The molecule has 0 nitrogen and oxygen atoms in total. The van der Waals surface area contributed by atoms with Gasteiger partial charge in [-0.25, -0.2) is 0 Å². The second kappa shape index (κ2) is 7.71. The van der Waals surface area contributed by atoms with Crippen molar-refractivity contribution in [1.29, 1.82) is 0 Å². The van der Waals surface area contributed by atoms with E-state index in [1.165, 1.54) is 12.8 Å². The van der Waals surface area contributed by atoms with Crippen LogP contribution in [0.1, 0.15) is 124 Å². The highest BCUT2D eigenvalue weighted by Crippen LogP contribution is 2.46. The van der Waals surface area contributed by atoms with Gasteiger partial charge < -0.3 is 0 Å². The minimum atomic E-state index is 0.403. The van der Waals surface area contributed by atoms with Crippen LogP contribution >= 0.6 is 0 Å². The molecule has 0 aromatic rings. The van der Waals surface area contributed by atoms with Crippen LogP contribution in [-0.2, 0) is 0 Å². The molecule has 0 rings (SSSR count). The molecular formula is C24H52. The molecule has 0 fully saturated rings. The van der Waals surface area contributed by atoms with Gasteiger partial charge in [0, 0.05) is 0 Å². The number of hydrogen-bond donors (Lipinski definition) is 0. The van der Waals surface area contributed by atoms with Gasteiger partial charge in [-0.15, -0.1) is 0 Å². The topological polar surface area (TPSA) is 0 Å². The van der Waals surface area contributed by atoms with Crippen LogP contribution in [0.3, 0.4) is 0 Å². The van der Waals surface area contributed by atoms with Crippen molar-refractivity contribution in [2.45, 2.75) is 124 Å². The van der Waals surface area contributed by atoms with Gasteiger partial charge in [-0.1, -0.05) is 111 Å². The van der Waals surface area contributed by atoms with E-state index in [1.54, 1.807) is 0 Å². The van der Waals surface area contributed by atoms with Crippen molar-refractivity contribution in [1.82, 2.24) is 0 Å². The van der Waals surface area contributed by atoms with Crippen molar-refractivity contribution >= 4 is 0 Å². The van der Waals surface area contributed by atoms with Gasteiger partial charge in [-0.2, -0.15) is 0 Å². The van der Waals surface area contributed by atoms with Crippen molar-refractivity contribution in [3.05, 3.63) is 0 Å². The highest BCUT2D eigenvalue weighted by Gasteiger charge is 2.36. The molecule has 0 aromatic carbocycles. The second-order valence-electron chi connectivity index (χ2n) is 13.7. The van der Waals surface area contributed by atoms with E-state index < -0.39 is 0 Å². The fraction of sp³-hybridized carbons (Fsp3) is 1.00. The zero-order chi connectivity index (χ0) is 20.4. The Kier molecular flexibility index (Phi) is 8.43. The quantitative estimate of drug-likeness (QED) is 0.470. The smallest absolute Gasteiger partial charge is 0.0301 e. The van der Waals surface area contributed by atoms with Crippen LogP contribution in [0.15, 0.2) is 0 Å². The Morgan fingerprint density at radius 1 is 0.333 bits per heavy atom. The third-order valence-electron chi connectivity index (χ3n) is 6.01. The summed E-state index contributed by atoms with van der Waals surface area (Å²) >= 11 is 0. The molecule has 0 heterocycles. The summed E-state index contributed by atoms with van der Waals surface area (Å²) in [6, 6.07) is 0. The SMILES string of the molecule is CC(C)(C)CC(C)(C)C(C)(C)C.CC(C)(C)CC(C)(C)C(C)(C)C. The summed E-state index contributed by atoms with van der Waals surface area (Å²) in [5.74, 6) is 0. The van der Waals surface area contributed by atoms with Crippen LogP contribution in [0.4, 0.5) is 0 Å². The molecule has 0 spiro atoms. The summed E-state index contributed by atoms with van der Waals surface area (Å²) in [4.78, 5) is 0. The Balaban J connectivity index is 0. The minimum absolute atomic E-state index is 0.403. The lowest BCUT2D eigenvalue weighted by Gasteiger charge is -2.43. The van der Waals surface area contributed by atoms with Crippen molar-refractivity contribution in [2.75, 3.05) is 0 Å². The lowest BCUT2D eigenvalue weighted by Crippen LogP contribution is -2.33. The van der Waals surface area contributed by atoms with Gasteiger partial charge in [0.15, 0.2) is 0 Å². The maximum atomic E-state index is 2.37. The van der Waals surface area contributed by atoms with Crippen LogP contribution in [0.5, 0.6) is 0 Å². The number of hydrogen-bond acceptors (Lipinski definition) is 0. The van der Waals surface area contributed by atoms with Gasteiger partial charge in [0.1, 0.15) is 0 Å². The summed E-state index contributed by atoms with van der Waals surface area (Å²) in [6.45, 7) is 37.4. The van der Waals surface area contributed by atoms with Crippen molar-refractivity contribution in [3.63, 3.8) is 0 Å². The molecule has 0 bridgehead atoms. The molecule has 0 unspecified atom stereocenters. The van der Waals surface area contributed by atoms with Gasteiger partial charge in [0.25, 0.3) is 0 Å². The third-order valence-corrected chi connectivity index (χ3v) is 6.01. The van der Waals surface area contributed by atoms with Crippen LogP contribution in [0.25, 0.3) is 0 Å². The largest absolute Gasteiger partial charge is 0.0602 e.